The Hall–Kier alpha value is -1.98. The average Bonchev–Trinajstić information content (AvgIpc) is 3.03. The highest BCUT2D eigenvalue weighted by Gasteiger charge is 2.23. The Morgan fingerprint density at radius 2 is 2.43 bits per heavy atom. The van der Waals surface area contributed by atoms with E-state index in [0.717, 1.165) is 63.6 Å². The fourth-order valence-corrected chi connectivity index (χ4v) is 2.95. The van der Waals surface area contributed by atoms with Gasteiger partial charge in [0.2, 0.25) is 5.91 Å². The third kappa shape index (κ3) is 5.96. The Kier molecular flexibility index (Phi) is 6.97. The second-order valence-corrected chi connectivity index (χ2v) is 6.09. The van der Waals surface area contributed by atoms with Gasteiger partial charge in [0.05, 0.1) is 6.26 Å². The number of aliphatic imine (C=N–C) groups is 1. The van der Waals surface area contributed by atoms with Crippen molar-refractivity contribution in [1.82, 2.24) is 10.2 Å². The summed E-state index contributed by atoms with van der Waals surface area (Å²) in [6, 6.07) is 3.88. The summed E-state index contributed by atoms with van der Waals surface area (Å²) in [7, 11) is 0. The molecule has 0 saturated carbocycles. The molecule has 1 unspecified atom stereocenters. The lowest BCUT2D eigenvalue weighted by atomic mass is 9.95. The summed E-state index contributed by atoms with van der Waals surface area (Å²) in [6.07, 6.45) is 6.14. The van der Waals surface area contributed by atoms with Crippen LogP contribution in [0.4, 0.5) is 0 Å². The standard InChI is InChI=1S/C17H28N4O2/c1-2-8-19-17(20-9-7-15-6-4-11-23-15)21-10-3-5-14(13-21)12-16(18)22/h4,6,11,14H,2-3,5,7-10,12-13H2,1H3,(H2,18,22)(H,19,20). The summed E-state index contributed by atoms with van der Waals surface area (Å²) in [5.74, 6) is 2.03. The highest BCUT2D eigenvalue weighted by atomic mass is 16.3. The molecular formula is C17H28N4O2. The van der Waals surface area contributed by atoms with Crippen molar-refractivity contribution < 1.29 is 9.21 Å². The third-order valence-corrected chi connectivity index (χ3v) is 4.03. The maximum absolute atomic E-state index is 11.2. The largest absolute Gasteiger partial charge is 0.469 e. The van der Waals surface area contributed by atoms with E-state index in [1.54, 1.807) is 6.26 Å². The van der Waals surface area contributed by atoms with Gasteiger partial charge in [-0.2, -0.15) is 0 Å². The topological polar surface area (TPSA) is 83.9 Å². The van der Waals surface area contributed by atoms with Crippen LogP contribution in [-0.2, 0) is 11.2 Å². The molecule has 1 amide bonds. The second-order valence-electron chi connectivity index (χ2n) is 6.09. The number of piperidine rings is 1. The molecule has 1 saturated heterocycles. The molecule has 0 aromatic carbocycles. The lowest BCUT2D eigenvalue weighted by Gasteiger charge is -2.34. The number of guanidine groups is 1. The number of hydrogen-bond acceptors (Lipinski definition) is 3. The van der Waals surface area contributed by atoms with E-state index in [1.165, 1.54) is 0 Å². The van der Waals surface area contributed by atoms with E-state index in [1.807, 2.05) is 12.1 Å². The van der Waals surface area contributed by atoms with Crippen LogP contribution in [0.1, 0.15) is 38.4 Å². The van der Waals surface area contributed by atoms with Gasteiger partial charge in [0, 0.05) is 39.0 Å². The van der Waals surface area contributed by atoms with Gasteiger partial charge in [0.15, 0.2) is 5.96 Å². The van der Waals surface area contributed by atoms with Crippen molar-refractivity contribution in [1.29, 1.82) is 0 Å². The van der Waals surface area contributed by atoms with Crippen molar-refractivity contribution in [2.75, 3.05) is 26.2 Å². The molecule has 1 aromatic heterocycles. The molecule has 1 fully saturated rings. The first-order chi connectivity index (χ1) is 11.2. The van der Waals surface area contributed by atoms with Crippen LogP contribution in [0.15, 0.2) is 27.8 Å². The van der Waals surface area contributed by atoms with E-state index in [9.17, 15) is 4.79 Å². The molecular weight excluding hydrogens is 292 g/mol. The van der Waals surface area contributed by atoms with Crippen molar-refractivity contribution in [2.24, 2.45) is 16.6 Å². The first kappa shape index (κ1) is 17.4. The van der Waals surface area contributed by atoms with Crippen LogP contribution >= 0.6 is 0 Å². The van der Waals surface area contributed by atoms with Crippen LogP contribution < -0.4 is 11.1 Å². The van der Waals surface area contributed by atoms with E-state index < -0.39 is 0 Å². The molecule has 0 radical (unpaired) electrons. The van der Waals surface area contributed by atoms with Crippen molar-refractivity contribution in [3.63, 3.8) is 0 Å². The molecule has 1 aliphatic heterocycles. The minimum absolute atomic E-state index is 0.213. The Labute approximate surface area is 138 Å². The number of likely N-dealkylation sites (tertiary alicyclic amines) is 1. The fourth-order valence-electron chi connectivity index (χ4n) is 2.95. The van der Waals surface area contributed by atoms with E-state index in [0.29, 0.717) is 12.3 Å². The number of primary amides is 1. The van der Waals surface area contributed by atoms with Crippen LogP contribution in [0.3, 0.4) is 0 Å². The van der Waals surface area contributed by atoms with Crippen molar-refractivity contribution in [3.05, 3.63) is 24.2 Å². The first-order valence-electron chi connectivity index (χ1n) is 8.53. The van der Waals surface area contributed by atoms with E-state index in [-0.39, 0.29) is 5.91 Å². The van der Waals surface area contributed by atoms with Gasteiger partial charge >= 0.3 is 0 Å². The van der Waals surface area contributed by atoms with E-state index in [2.05, 4.69) is 22.1 Å². The quantitative estimate of drug-likeness (QED) is 0.592. The number of hydrogen-bond donors (Lipinski definition) is 2. The Morgan fingerprint density at radius 3 is 3.13 bits per heavy atom. The van der Waals surface area contributed by atoms with Crippen LogP contribution in [0.2, 0.25) is 0 Å². The SMILES string of the molecule is CCCN=C(NCCc1ccco1)N1CCCC(CC(N)=O)C1. The van der Waals surface area contributed by atoms with Gasteiger partial charge in [0.25, 0.3) is 0 Å². The lowest BCUT2D eigenvalue weighted by molar-refractivity contribution is -0.119. The zero-order valence-corrected chi connectivity index (χ0v) is 14.0. The molecule has 6 nitrogen and oxygen atoms in total. The molecule has 1 atom stereocenters. The predicted molar refractivity (Wildman–Crippen MR) is 91.1 cm³/mol. The third-order valence-electron chi connectivity index (χ3n) is 4.03. The molecule has 6 heteroatoms. The molecule has 1 aliphatic rings. The predicted octanol–water partition coefficient (Wildman–Crippen LogP) is 1.77. The van der Waals surface area contributed by atoms with Gasteiger partial charge in [-0.1, -0.05) is 6.92 Å². The number of rotatable bonds is 7. The molecule has 3 N–H and O–H groups in total. The number of nitrogens with one attached hydrogen (secondary N) is 1. The van der Waals surface area contributed by atoms with E-state index in [4.69, 9.17) is 10.2 Å². The van der Waals surface area contributed by atoms with Crippen molar-refractivity contribution in [2.45, 2.75) is 39.0 Å². The van der Waals surface area contributed by atoms with Gasteiger partial charge in [-0.15, -0.1) is 0 Å². The van der Waals surface area contributed by atoms with E-state index >= 15 is 0 Å². The monoisotopic (exact) mass is 320 g/mol. The summed E-state index contributed by atoms with van der Waals surface area (Å²) in [5.41, 5.74) is 5.35. The molecule has 128 valence electrons. The zero-order valence-electron chi connectivity index (χ0n) is 14.0. The van der Waals surface area contributed by atoms with Gasteiger partial charge in [0.1, 0.15) is 5.76 Å². The number of nitrogens with two attached hydrogens (primary N) is 1. The smallest absolute Gasteiger partial charge is 0.217 e. The van der Waals surface area contributed by atoms with Gasteiger partial charge in [-0.05, 0) is 37.3 Å². The van der Waals surface area contributed by atoms with Crippen LogP contribution in [0, 0.1) is 5.92 Å². The Balaban J connectivity index is 1.89. The number of carbonyl (C=O) groups is 1. The lowest BCUT2D eigenvalue weighted by Crippen LogP contribution is -2.47. The maximum atomic E-state index is 11.2. The molecule has 0 spiro atoms. The normalized spacial score (nSPS) is 18.9. The molecule has 0 bridgehead atoms. The summed E-state index contributed by atoms with van der Waals surface area (Å²) in [6.45, 7) is 5.54. The van der Waals surface area contributed by atoms with Crippen molar-refractivity contribution in [3.8, 4) is 0 Å². The molecule has 1 aromatic rings. The highest BCUT2D eigenvalue weighted by molar-refractivity contribution is 5.80. The zero-order chi connectivity index (χ0) is 16.5. The number of amides is 1. The van der Waals surface area contributed by atoms with Crippen LogP contribution in [-0.4, -0.2) is 42.9 Å². The number of nitrogens with zero attached hydrogens (tertiary/aromatic N) is 2. The summed E-state index contributed by atoms with van der Waals surface area (Å²) in [4.78, 5) is 18.1. The Morgan fingerprint density at radius 1 is 1.57 bits per heavy atom. The Bertz CT molecular complexity index is 499. The maximum Gasteiger partial charge on any atom is 0.217 e. The van der Waals surface area contributed by atoms with Gasteiger partial charge in [-0.25, -0.2) is 0 Å². The first-order valence-corrected chi connectivity index (χ1v) is 8.53. The van der Waals surface area contributed by atoms with Crippen LogP contribution in [0.25, 0.3) is 0 Å². The summed E-state index contributed by atoms with van der Waals surface area (Å²) >= 11 is 0. The number of carbonyl (C=O) groups excluding carboxylic acids is 1. The molecule has 2 rings (SSSR count). The molecule has 2 heterocycles. The van der Waals surface area contributed by atoms with Gasteiger partial charge < -0.3 is 20.4 Å². The molecule has 0 aliphatic carbocycles. The minimum Gasteiger partial charge on any atom is -0.469 e. The van der Waals surface area contributed by atoms with Crippen LogP contribution in [0.5, 0.6) is 0 Å². The highest BCUT2D eigenvalue weighted by Crippen LogP contribution is 2.19. The molecule has 23 heavy (non-hydrogen) atoms. The van der Waals surface area contributed by atoms with Gasteiger partial charge in [-0.3, -0.25) is 9.79 Å². The van der Waals surface area contributed by atoms with Crippen molar-refractivity contribution >= 4 is 11.9 Å². The fraction of sp³-hybridized carbons (Fsp3) is 0.647. The minimum atomic E-state index is -0.213. The number of furan rings is 1. The second kappa shape index (κ2) is 9.22. The summed E-state index contributed by atoms with van der Waals surface area (Å²) < 4.78 is 5.36. The average molecular weight is 320 g/mol. The summed E-state index contributed by atoms with van der Waals surface area (Å²) in [5, 5.41) is 3.44.